The number of hydrogen-bond donors (Lipinski definition) is 2. The molecule has 0 saturated heterocycles. The maximum Gasteiger partial charge on any atom is 0.264 e. The number of amides is 2. The molecule has 32 heavy (non-hydrogen) atoms. The topological polar surface area (TPSA) is 110 Å². The van der Waals surface area contributed by atoms with Gasteiger partial charge in [-0.15, -0.1) is 0 Å². The average Bonchev–Trinajstić information content (AvgIpc) is 3.10. The number of hydrogen-bond acceptors (Lipinski definition) is 4. The van der Waals surface area contributed by atoms with E-state index in [-0.39, 0.29) is 16.8 Å². The lowest BCUT2D eigenvalue weighted by Crippen LogP contribution is -2.35. The second-order valence-corrected chi connectivity index (χ2v) is 9.72. The van der Waals surface area contributed by atoms with Gasteiger partial charge in [-0.05, 0) is 80.4 Å². The van der Waals surface area contributed by atoms with Crippen molar-refractivity contribution in [2.45, 2.75) is 31.2 Å². The van der Waals surface area contributed by atoms with Crippen molar-refractivity contribution in [1.29, 1.82) is 0 Å². The van der Waals surface area contributed by atoms with Gasteiger partial charge in [0.15, 0.2) is 0 Å². The monoisotopic (exact) mass is 449 g/mol. The Hall–Kier alpha value is -3.65. The normalized spacial score (nSPS) is 15.3. The van der Waals surface area contributed by atoms with Crippen molar-refractivity contribution < 1.29 is 18.0 Å². The average molecular weight is 450 g/mol. The first-order valence-electron chi connectivity index (χ1n) is 10.1. The third-order valence-electron chi connectivity index (χ3n) is 5.50. The van der Waals surface area contributed by atoms with Gasteiger partial charge in [0.1, 0.15) is 0 Å². The number of primary amides is 1. The van der Waals surface area contributed by atoms with Crippen LogP contribution < -0.4 is 15.4 Å². The number of fused-ring (bicyclic) bond motifs is 1. The van der Waals surface area contributed by atoms with Crippen LogP contribution in [-0.4, -0.2) is 26.3 Å². The summed E-state index contributed by atoms with van der Waals surface area (Å²) in [6, 6.07) is 17.8. The Morgan fingerprint density at radius 3 is 2.22 bits per heavy atom. The van der Waals surface area contributed by atoms with Gasteiger partial charge in [0.2, 0.25) is 5.91 Å². The van der Waals surface area contributed by atoms with Gasteiger partial charge in [0, 0.05) is 22.9 Å². The number of rotatable bonds is 5. The van der Waals surface area contributed by atoms with Crippen LogP contribution in [0.2, 0.25) is 0 Å². The quantitative estimate of drug-likeness (QED) is 0.621. The van der Waals surface area contributed by atoms with E-state index in [0.717, 1.165) is 11.1 Å². The van der Waals surface area contributed by atoms with E-state index in [2.05, 4.69) is 5.32 Å². The largest absolute Gasteiger partial charge is 0.366 e. The minimum absolute atomic E-state index is 0.240. The number of aryl methyl sites for hydroxylation is 1. The maximum atomic E-state index is 13.3. The van der Waals surface area contributed by atoms with Gasteiger partial charge in [0.05, 0.1) is 10.6 Å². The Morgan fingerprint density at radius 2 is 1.59 bits per heavy atom. The summed E-state index contributed by atoms with van der Waals surface area (Å²) >= 11 is 0. The summed E-state index contributed by atoms with van der Waals surface area (Å²) in [5.41, 5.74) is 8.89. The van der Waals surface area contributed by atoms with Gasteiger partial charge in [-0.3, -0.25) is 13.9 Å². The lowest BCUT2D eigenvalue weighted by atomic mass is 10.1. The van der Waals surface area contributed by atoms with Crippen LogP contribution in [0, 0.1) is 6.92 Å². The SMILES string of the molecule is Cc1ccc(S(=O)(=O)N2c3ccc(C(=O)Nc4ccc(C(N)=O)cc4)cc3C[C@@H]2C)cc1. The maximum absolute atomic E-state index is 13.3. The first kappa shape index (κ1) is 21.6. The van der Waals surface area contributed by atoms with Crippen molar-refractivity contribution in [3.8, 4) is 0 Å². The fourth-order valence-electron chi connectivity index (χ4n) is 3.86. The first-order valence-corrected chi connectivity index (χ1v) is 11.6. The van der Waals surface area contributed by atoms with Crippen LogP contribution in [0.15, 0.2) is 71.6 Å². The number of anilines is 2. The van der Waals surface area contributed by atoms with Crippen LogP contribution in [0.25, 0.3) is 0 Å². The molecule has 2 amide bonds. The molecule has 1 aliphatic heterocycles. The van der Waals surface area contributed by atoms with E-state index in [1.165, 1.54) is 16.4 Å². The molecule has 0 radical (unpaired) electrons. The fraction of sp³-hybridized carbons (Fsp3) is 0.167. The molecule has 4 rings (SSSR count). The molecule has 1 aliphatic rings. The molecule has 0 aromatic heterocycles. The minimum Gasteiger partial charge on any atom is -0.366 e. The number of nitrogens with zero attached hydrogens (tertiary/aromatic N) is 1. The van der Waals surface area contributed by atoms with E-state index in [0.29, 0.717) is 28.9 Å². The molecule has 1 atom stereocenters. The predicted octanol–water partition coefficient (Wildman–Crippen LogP) is 3.49. The van der Waals surface area contributed by atoms with Crippen molar-refractivity contribution in [2.24, 2.45) is 5.73 Å². The van der Waals surface area contributed by atoms with Gasteiger partial charge in [-0.1, -0.05) is 17.7 Å². The number of sulfonamides is 1. The van der Waals surface area contributed by atoms with Crippen LogP contribution in [0.4, 0.5) is 11.4 Å². The zero-order valence-corrected chi connectivity index (χ0v) is 18.5. The number of carbonyl (C=O) groups excluding carboxylic acids is 2. The molecule has 0 aliphatic carbocycles. The van der Waals surface area contributed by atoms with Crippen molar-refractivity contribution in [2.75, 3.05) is 9.62 Å². The van der Waals surface area contributed by atoms with Gasteiger partial charge in [0.25, 0.3) is 15.9 Å². The number of nitrogens with two attached hydrogens (primary N) is 1. The van der Waals surface area contributed by atoms with Crippen LogP contribution in [0.5, 0.6) is 0 Å². The molecule has 0 saturated carbocycles. The number of benzene rings is 3. The van der Waals surface area contributed by atoms with Crippen LogP contribution in [-0.2, 0) is 16.4 Å². The Balaban J connectivity index is 1.59. The summed E-state index contributed by atoms with van der Waals surface area (Å²) in [6.07, 6.45) is 0.509. The van der Waals surface area contributed by atoms with E-state index < -0.39 is 15.9 Å². The molecule has 1 heterocycles. The molecule has 0 spiro atoms. The zero-order chi connectivity index (χ0) is 23.0. The fourth-order valence-corrected chi connectivity index (χ4v) is 5.55. The van der Waals surface area contributed by atoms with Gasteiger partial charge < -0.3 is 11.1 Å². The van der Waals surface area contributed by atoms with Gasteiger partial charge >= 0.3 is 0 Å². The molecule has 3 aromatic rings. The highest BCUT2D eigenvalue weighted by molar-refractivity contribution is 7.92. The van der Waals surface area contributed by atoms with E-state index in [9.17, 15) is 18.0 Å². The van der Waals surface area contributed by atoms with Crippen LogP contribution in [0.1, 0.15) is 38.8 Å². The summed E-state index contributed by atoms with van der Waals surface area (Å²) in [5.74, 6) is -0.868. The summed E-state index contributed by atoms with van der Waals surface area (Å²) in [4.78, 5) is 24.1. The van der Waals surface area contributed by atoms with Gasteiger partial charge in [-0.2, -0.15) is 0 Å². The second kappa shape index (κ2) is 8.12. The summed E-state index contributed by atoms with van der Waals surface area (Å²) < 4.78 is 28.0. The highest BCUT2D eigenvalue weighted by Crippen LogP contribution is 2.37. The lowest BCUT2D eigenvalue weighted by molar-refractivity contribution is 0.0998. The molecule has 3 aromatic carbocycles. The Kier molecular flexibility index (Phi) is 5.48. The van der Waals surface area contributed by atoms with Crippen LogP contribution in [0.3, 0.4) is 0 Å². The third kappa shape index (κ3) is 3.97. The highest BCUT2D eigenvalue weighted by Gasteiger charge is 2.36. The summed E-state index contributed by atoms with van der Waals surface area (Å²) in [6.45, 7) is 3.76. The summed E-state index contributed by atoms with van der Waals surface area (Å²) in [7, 11) is -3.72. The molecule has 7 nitrogen and oxygen atoms in total. The molecular weight excluding hydrogens is 426 g/mol. The number of carbonyl (C=O) groups is 2. The van der Waals surface area contributed by atoms with E-state index in [1.54, 1.807) is 54.6 Å². The van der Waals surface area contributed by atoms with E-state index >= 15 is 0 Å². The van der Waals surface area contributed by atoms with Crippen molar-refractivity contribution in [3.05, 3.63) is 89.0 Å². The molecule has 0 bridgehead atoms. The van der Waals surface area contributed by atoms with E-state index in [4.69, 9.17) is 5.73 Å². The Morgan fingerprint density at radius 1 is 0.969 bits per heavy atom. The Bertz CT molecular complexity index is 1300. The van der Waals surface area contributed by atoms with Crippen LogP contribution >= 0.6 is 0 Å². The van der Waals surface area contributed by atoms with Crippen molar-refractivity contribution >= 4 is 33.2 Å². The highest BCUT2D eigenvalue weighted by atomic mass is 32.2. The summed E-state index contributed by atoms with van der Waals surface area (Å²) in [5, 5.41) is 2.78. The molecule has 0 unspecified atom stereocenters. The third-order valence-corrected chi connectivity index (χ3v) is 7.44. The zero-order valence-electron chi connectivity index (χ0n) is 17.7. The second-order valence-electron chi connectivity index (χ2n) is 7.91. The standard InChI is InChI=1S/C24H23N3O4S/c1-15-3-10-21(11-4-15)32(30,31)27-16(2)13-19-14-18(7-12-22(19)27)24(29)26-20-8-5-17(6-9-20)23(25)28/h3-12,14,16H,13H2,1-2H3,(H2,25,28)(H,26,29)/t16-/m0/s1. The van der Waals surface area contributed by atoms with Crippen molar-refractivity contribution in [1.82, 2.24) is 0 Å². The molecule has 0 fully saturated rings. The Labute approximate surface area is 186 Å². The van der Waals surface area contributed by atoms with E-state index in [1.807, 2.05) is 13.8 Å². The molecule has 8 heteroatoms. The molecule has 3 N–H and O–H groups in total. The predicted molar refractivity (Wildman–Crippen MR) is 123 cm³/mol. The van der Waals surface area contributed by atoms with Gasteiger partial charge in [-0.25, -0.2) is 8.42 Å². The number of nitrogens with one attached hydrogen (secondary N) is 1. The molecular formula is C24H23N3O4S. The first-order chi connectivity index (χ1) is 15.2. The van der Waals surface area contributed by atoms with Crippen molar-refractivity contribution in [3.63, 3.8) is 0 Å². The minimum atomic E-state index is -3.72. The lowest BCUT2D eigenvalue weighted by Gasteiger charge is -2.24. The molecule has 164 valence electrons. The smallest absolute Gasteiger partial charge is 0.264 e.